The first-order valence-electron chi connectivity index (χ1n) is 4.00. The molecule has 0 aromatic heterocycles. The van der Waals surface area contributed by atoms with E-state index in [1.54, 1.807) is 6.07 Å². The second-order valence-electron chi connectivity index (χ2n) is 2.65. The molecule has 0 atom stereocenters. The fourth-order valence-corrected chi connectivity index (χ4v) is 1.05. The normalized spacial score (nSPS) is 11.3. The molecule has 0 aliphatic rings. The summed E-state index contributed by atoms with van der Waals surface area (Å²) in [6.45, 7) is 0. The number of halogens is 3. The molecule has 0 radical (unpaired) electrons. The molecule has 0 N–H and O–H groups in total. The molecule has 0 saturated carbocycles. The molecule has 0 saturated heterocycles. The number of benzene rings is 1. The van der Waals surface area contributed by atoms with Crippen molar-refractivity contribution in [1.82, 2.24) is 0 Å². The van der Waals surface area contributed by atoms with E-state index in [0.717, 1.165) is 0 Å². The summed E-state index contributed by atoms with van der Waals surface area (Å²) in [6.07, 6.45) is -1.98. The van der Waals surface area contributed by atoms with Crippen molar-refractivity contribution in [3.8, 4) is 5.75 Å². The fourth-order valence-electron chi connectivity index (χ4n) is 0.739. The van der Waals surface area contributed by atoms with E-state index < -0.39 is 21.8 Å². The first kappa shape index (κ1) is 16.8. The molecule has 1 aromatic carbocycles. The van der Waals surface area contributed by atoms with Crippen molar-refractivity contribution in [2.24, 2.45) is 0 Å². The molecule has 0 amide bonds. The van der Waals surface area contributed by atoms with Gasteiger partial charge in [0.05, 0.1) is 0 Å². The van der Waals surface area contributed by atoms with Crippen LogP contribution in [0.5, 0.6) is 5.75 Å². The van der Waals surface area contributed by atoms with Gasteiger partial charge in [-0.1, -0.05) is 18.2 Å². The molecule has 0 aliphatic carbocycles. The molecule has 0 unspecified atom stereocenters. The average Bonchev–Trinajstić information content (AvgIpc) is 2.16. The SMILES string of the molecule is O=C(Oc1ccccc1)OS(=O)(=O)C(F)(F)F.[LiH]. The van der Waals surface area contributed by atoms with Crippen LogP contribution in [0.4, 0.5) is 18.0 Å². The van der Waals surface area contributed by atoms with Crippen LogP contribution in [-0.4, -0.2) is 38.9 Å². The molecule has 1 aromatic rings. The van der Waals surface area contributed by atoms with Crippen LogP contribution in [0.1, 0.15) is 0 Å². The van der Waals surface area contributed by atoms with Crippen LogP contribution in [0, 0.1) is 0 Å². The van der Waals surface area contributed by atoms with Gasteiger partial charge in [0, 0.05) is 0 Å². The zero-order valence-electron chi connectivity index (χ0n) is 7.97. The zero-order valence-corrected chi connectivity index (χ0v) is 8.79. The Morgan fingerprint density at radius 2 is 1.61 bits per heavy atom. The predicted molar refractivity (Wildman–Crippen MR) is 55.7 cm³/mol. The molecule has 0 aliphatic heterocycles. The van der Waals surface area contributed by atoms with Crippen molar-refractivity contribution in [1.29, 1.82) is 0 Å². The average molecular weight is 278 g/mol. The summed E-state index contributed by atoms with van der Waals surface area (Å²) in [5.74, 6) is -0.144. The van der Waals surface area contributed by atoms with E-state index in [4.69, 9.17) is 0 Å². The maximum atomic E-state index is 11.8. The molecule has 10 heteroatoms. The van der Waals surface area contributed by atoms with Gasteiger partial charge in [0.15, 0.2) is 0 Å². The molecule has 0 spiro atoms. The van der Waals surface area contributed by atoms with E-state index in [1.165, 1.54) is 24.3 Å². The number of hydrogen-bond acceptors (Lipinski definition) is 5. The summed E-state index contributed by atoms with van der Waals surface area (Å²) in [5.41, 5.74) is -5.68. The Morgan fingerprint density at radius 3 is 2.06 bits per heavy atom. The van der Waals surface area contributed by atoms with Crippen LogP contribution in [0.15, 0.2) is 30.3 Å². The predicted octanol–water partition coefficient (Wildman–Crippen LogP) is 1.40. The Hall–Kier alpha value is -1.17. The van der Waals surface area contributed by atoms with Gasteiger partial charge in [-0.15, -0.1) is 0 Å². The summed E-state index contributed by atoms with van der Waals surface area (Å²) in [4.78, 5) is 10.8. The molecule has 0 fully saturated rings. The Balaban J connectivity index is 0.00000289. The Labute approximate surface area is 112 Å². The molecule has 0 heterocycles. The molecule has 0 bridgehead atoms. The van der Waals surface area contributed by atoms with Crippen molar-refractivity contribution < 1.29 is 35.3 Å². The number of para-hydroxylation sites is 1. The summed E-state index contributed by atoms with van der Waals surface area (Å²) in [7, 11) is -5.99. The summed E-state index contributed by atoms with van der Waals surface area (Å²) in [5, 5.41) is 0. The standard InChI is InChI=1S/C8H5F3O5S.Li.H/c9-8(10,11)17(13,14)16-7(12)15-6-4-2-1-3-5-6;;/h1-5H;;. The second kappa shape index (κ2) is 6.13. The quantitative estimate of drug-likeness (QED) is 0.269. The molecule has 18 heavy (non-hydrogen) atoms. The summed E-state index contributed by atoms with van der Waals surface area (Å²) >= 11 is 0. The van der Waals surface area contributed by atoms with E-state index >= 15 is 0 Å². The van der Waals surface area contributed by atoms with Gasteiger partial charge in [-0.3, -0.25) is 0 Å². The van der Waals surface area contributed by atoms with Gasteiger partial charge in [0.1, 0.15) is 5.75 Å². The number of rotatable bonds is 2. The van der Waals surface area contributed by atoms with Gasteiger partial charge in [-0.05, 0) is 12.1 Å². The van der Waals surface area contributed by atoms with Crippen molar-refractivity contribution in [2.45, 2.75) is 5.51 Å². The Kier molecular flexibility index (Phi) is 5.73. The van der Waals surface area contributed by atoms with Crippen LogP contribution < -0.4 is 4.74 Å². The van der Waals surface area contributed by atoms with E-state index in [-0.39, 0.29) is 24.6 Å². The third-order valence-corrected chi connectivity index (χ3v) is 2.33. The van der Waals surface area contributed by atoms with E-state index in [9.17, 15) is 26.4 Å². The van der Waals surface area contributed by atoms with Crippen LogP contribution in [-0.2, 0) is 14.3 Å². The summed E-state index contributed by atoms with van der Waals surface area (Å²) in [6, 6.07) is 6.90. The third kappa shape index (κ3) is 4.60. The molecular formula is C8H6F3LiO5S. The maximum absolute atomic E-state index is 11.8. The van der Waals surface area contributed by atoms with E-state index in [0.29, 0.717) is 0 Å². The number of hydrogen-bond donors (Lipinski definition) is 0. The Bertz CT molecular complexity index is 499. The number of carbonyl (C=O) groups is 1. The van der Waals surface area contributed by atoms with Crippen LogP contribution in [0.25, 0.3) is 0 Å². The number of ether oxygens (including phenoxy) is 1. The molecule has 5 nitrogen and oxygen atoms in total. The number of alkyl halides is 3. The molecule has 1 rings (SSSR count). The van der Waals surface area contributed by atoms with Crippen LogP contribution in [0.2, 0.25) is 0 Å². The van der Waals surface area contributed by atoms with Gasteiger partial charge in [0.25, 0.3) is 0 Å². The van der Waals surface area contributed by atoms with Crippen LogP contribution in [0.3, 0.4) is 0 Å². The van der Waals surface area contributed by atoms with Crippen molar-refractivity contribution in [3.63, 3.8) is 0 Å². The first-order valence-corrected chi connectivity index (χ1v) is 5.41. The van der Waals surface area contributed by atoms with E-state index in [2.05, 4.69) is 8.92 Å². The minimum atomic E-state index is -5.99. The Morgan fingerprint density at radius 1 is 1.11 bits per heavy atom. The summed E-state index contributed by atoms with van der Waals surface area (Å²) < 4.78 is 63.6. The second-order valence-corrected chi connectivity index (χ2v) is 4.19. The van der Waals surface area contributed by atoms with Crippen molar-refractivity contribution in [3.05, 3.63) is 30.3 Å². The topological polar surface area (TPSA) is 69.7 Å². The number of carbonyl (C=O) groups excluding carboxylic acids is 1. The zero-order chi connectivity index (χ0) is 13.1. The van der Waals surface area contributed by atoms with Gasteiger partial charge in [-0.2, -0.15) is 21.6 Å². The minimum absolute atomic E-state index is 0. The van der Waals surface area contributed by atoms with Gasteiger partial charge in [0.2, 0.25) is 0 Å². The van der Waals surface area contributed by atoms with Gasteiger partial charge < -0.3 is 8.92 Å². The van der Waals surface area contributed by atoms with E-state index in [1.807, 2.05) is 0 Å². The van der Waals surface area contributed by atoms with Crippen LogP contribution >= 0.6 is 0 Å². The third-order valence-electron chi connectivity index (χ3n) is 1.41. The molecular weight excluding hydrogens is 272 g/mol. The first-order chi connectivity index (χ1) is 7.72. The van der Waals surface area contributed by atoms with Crippen molar-refractivity contribution >= 4 is 35.1 Å². The molecule has 96 valence electrons. The monoisotopic (exact) mass is 278 g/mol. The fraction of sp³-hybridized carbons (Fsp3) is 0.125. The van der Waals surface area contributed by atoms with Gasteiger partial charge >= 0.3 is 40.6 Å². The van der Waals surface area contributed by atoms with Crippen molar-refractivity contribution in [2.75, 3.05) is 0 Å². The van der Waals surface area contributed by atoms with Gasteiger partial charge in [-0.25, -0.2) is 4.79 Å².